The first-order valence-electron chi connectivity index (χ1n) is 8.30. The van der Waals surface area contributed by atoms with Crippen molar-refractivity contribution in [2.75, 3.05) is 13.7 Å². The molecule has 28 heavy (non-hydrogen) atoms. The Hall–Kier alpha value is -2.77. The maximum atomic E-state index is 12.2. The van der Waals surface area contributed by atoms with Gasteiger partial charge in [-0.15, -0.1) is 0 Å². The summed E-state index contributed by atoms with van der Waals surface area (Å²) in [7, 11) is 1.30. The van der Waals surface area contributed by atoms with Gasteiger partial charge in [-0.25, -0.2) is 9.79 Å². The fourth-order valence-electron chi connectivity index (χ4n) is 2.32. The maximum Gasteiger partial charge on any atom is 0.343 e. The summed E-state index contributed by atoms with van der Waals surface area (Å²) in [6.07, 6.45) is 1.76. The molecule has 0 bridgehead atoms. The lowest BCUT2D eigenvalue weighted by molar-refractivity contribution is -0.142. The number of nitrogens with one attached hydrogen (secondary N) is 1. The summed E-state index contributed by atoms with van der Waals surface area (Å²) in [6, 6.07) is 12.5. The van der Waals surface area contributed by atoms with Crippen LogP contribution in [0.4, 0.5) is 5.69 Å². The molecule has 1 amide bonds. The zero-order chi connectivity index (χ0) is 20.1. The van der Waals surface area contributed by atoms with E-state index in [-0.39, 0.29) is 12.5 Å². The molecule has 2 aromatic carbocycles. The van der Waals surface area contributed by atoms with Crippen molar-refractivity contribution in [3.05, 3.63) is 63.5 Å². The molecular weight excluding hydrogens is 400 g/mol. The van der Waals surface area contributed by atoms with E-state index in [1.807, 2.05) is 19.1 Å². The van der Waals surface area contributed by atoms with Crippen LogP contribution in [0.15, 0.2) is 52.4 Å². The molecule has 3 rings (SSSR count). The second kappa shape index (κ2) is 8.95. The normalized spacial score (nSPS) is 16.3. The molecule has 144 valence electrons. The molecule has 6 nitrogen and oxygen atoms in total. The number of thioether (sulfide) groups is 1. The minimum Gasteiger partial charge on any atom is -0.482 e. The van der Waals surface area contributed by atoms with Crippen LogP contribution in [0.5, 0.6) is 5.75 Å². The third-order valence-corrected chi connectivity index (χ3v) is 5.19. The minimum atomic E-state index is -0.452. The van der Waals surface area contributed by atoms with Crippen LogP contribution < -0.4 is 10.1 Å². The lowest BCUT2D eigenvalue weighted by atomic mass is 10.2. The second-order valence-electron chi connectivity index (χ2n) is 5.80. The Kier molecular flexibility index (Phi) is 6.38. The molecule has 0 radical (unpaired) electrons. The van der Waals surface area contributed by atoms with Crippen molar-refractivity contribution in [2.24, 2.45) is 4.99 Å². The number of halogens is 1. The maximum absolute atomic E-state index is 12.2. The standard InChI is InChI=1S/C20H17ClN2O4S/c1-12-15(21)4-3-5-16(12)22-20-23-19(25)17(28-20)10-13-6-8-14(9-7-13)27-11-18(24)26-2/h3-10H,11H2,1-2H3,(H,22,23,25)/b17-10+. The molecule has 0 unspecified atom stereocenters. The van der Waals surface area contributed by atoms with Gasteiger partial charge in [-0.2, -0.15) is 0 Å². The number of amides is 1. The fourth-order valence-corrected chi connectivity index (χ4v) is 3.32. The molecule has 0 aromatic heterocycles. The Bertz CT molecular complexity index is 971. The van der Waals surface area contributed by atoms with Crippen LogP contribution in [-0.4, -0.2) is 30.8 Å². The number of rotatable bonds is 5. The van der Waals surface area contributed by atoms with Gasteiger partial charge in [0.25, 0.3) is 5.91 Å². The number of amidine groups is 1. The number of hydrogen-bond acceptors (Lipinski definition) is 6. The van der Waals surface area contributed by atoms with Gasteiger partial charge in [0.05, 0.1) is 17.7 Å². The Morgan fingerprint density at radius 2 is 2.00 bits per heavy atom. The Morgan fingerprint density at radius 1 is 1.25 bits per heavy atom. The van der Waals surface area contributed by atoms with Crippen molar-refractivity contribution < 1.29 is 19.1 Å². The summed E-state index contributed by atoms with van der Waals surface area (Å²) in [4.78, 5) is 28.3. The largest absolute Gasteiger partial charge is 0.482 e. The molecule has 0 aliphatic carbocycles. The summed E-state index contributed by atoms with van der Waals surface area (Å²) >= 11 is 7.37. The number of methoxy groups -OCH3 is 1. The molecule has 0 spiro atoms. The van der Waals surface area contributed by atoms with E-state index in [0.29, 0.717) is 26.5 Å². The minimum absolute atomic E-state index is 0.155. The number of ether oxygens (including phenoxy) is 2. The predicted octanol–water partition coefficient (Wildman–Crippen LogP) is 4.09. The highest BCUT2D eigenvalue weighted by Gasteiger charge is 2.24. The van der Waals surface area contributed by atoms with E-state index in [1.165, 1.54) is 18.9 Å². The van der Waals surface area contributed by atoms with Gasteiger partial charge < -0.3 is 14.8 Å². The molecule has 1 heterocycles. The lowest BCUT2D eigenvalue weighted by Gasteiger charge is -2.04. The molecule has 8 heteroatoms. The quantitative estimate of drug-likeness (QED) is 0.586. The molecule has 0 atom stereocenters. The monoisotopic (exact) mass is 416 g/mol. The summed E-state index contributed by atoms with van der Waals surface area (Å²) in [5.74, 6) is -0.129. The SMILES string of the molecule is COC(=O)COc1ccc(/C=C2/SC(=Nc3cccc(Cl)c3C)NC2=O)cc1. The topological polar surface area (TPSA) is 77.0 Å². The van der Waals surface area contributed by atoms with Crippen LogP contribution in [-0.2, 0) is 14.3 Å². The average molecular weight is 417 g/mol. The summed E-state index contributed by atoms with van der Waals surface area (Å²) in [5.41, 5.74) is 2.39. The van der Waals surface area contributed by atoms with E-state index in [9.17, 15) is 9.59 Å². The molecule has 1 fully saturated rings. The van der Waals surface area contributed by atoms with Crippen LogP contribution >= 0.6 is 23.4 Å². The highest BCUT2D eigenvalue weighted by molar-refractivity contribution is 8.18. The van der Waals surface area contributed by atoms with Crippen molar-refractivity contribution in [1.82, 2.24) is 5.32 Å². The van der Waals surface area contributed by atoms with E-state index in [4.69, 9.17) is 16.3 Å². The molecule has 1 aliphatic heterocycles. The molecule has 1 saturated heterocycles. The second-order valence-corrected chi connectivity index (χ2v) is 7.24. The molecule has 2 aromatic rings. The molecule has 1 aliphatic rings. The van der Waals surface area contributed by atoms with Crippen molar-refractivity contribution in [3.8, 4) is 5.75 Å². The van der Waals surface area contributed by atoms with E-state index >= 15 is 0 Å². The van der Waals surface area contributed by atoms with Gasteiger partial charge in [0.1, 0.15) is 5.75 Å². The number of carbonyl (C=O) groups is 2. The van der Waals surface area contributed by atoms with Gasteiger partial charge in [-0.1, -0.05) is 29.8 Å². The van der Waals surface area contributed by atoms with Gasteiger partial charge in [0, 0.05) is 5.02 Å². The van der Waals surface area contributed by atoms with Crippen molar-refractivity contribution >= 4 is 52.2 Å². The number of aliphatic imine (C=N–C) groups is 1. The van der Waals surface area contributed by atoms with E-state index < -0.39 is 5.97 Å². The lowest BCUT2D eigenvalue weighted by Crippen LogP contribution is -2.19. The number of nitrogens with zero attached hydrogens (tertiary/aromatic N) is 1. The summed E-state index contributed by atoms with van der Waals surface area (Å²) in [5, 5.41) is 3.88. The number of carbonyl (C=O) groups excluding carboxylic acids is 2. The summed E-state index contributed by atoms with van der Waals surface area (Å²) < 4.78 is 9.82. The van der Waals surface area contributed by atoms with E-state index in [0.717, 1.165) is 11.1 Å². The van der Waals surface area contributed by atoms with Crippen LogP contribution in [0.25, 0.3) is 6.08 Å². The van der Waals surface area contributed by atoms with Crippen LogP contribution in [0.3, 0.4) is 0 Å². The van der Waals surface area contributed by atoms with Crippen LogP contribution in [0.1, 0.15) is 11.1 Å². The van der Waals surface area contributed by atoms with Gasteiger partial charge in [0.15, 0.2) is 11.8 Å². The Labute approximate surface area is 171 Å². The van der Waals surface area contributed by atoms with Crippen molar-refractivity contribution in [2.45, 2.75) is 6.92 Å². The smallest absolute Gasteiger partial charge is 0.343 e. The highest BCUT2D eigenvalue weighted by atomic mass is 35.5. The van der Waals surface area contributed by atoms with Crippen LogP contribution in [0, 0.1) is 6.92 Å². The van der Waals surface area contributed by atoms with Crippen molar-refractivity contribution in [3.63, 3.8) is 0 Å². The first-order chi connectivity index (χ1) is 13.5. The zero-order valence-electron chi connectivity index (χ0n) is 15.2. The first-order valence-corrected chi connectivity index (χ1v) is 9.50. The Balaban J connectivity index is 1.71. The number of benzene rings is 2. The van der Waals surface area contributed by atoms with Gasteiger partial charge in [-0.3, -0.25) is 4.79 Å². The highest BCUT2D eigenvalue weighted by Crippen LogP contribution is 2.31. The average Bonchev–Trinajstić information content (AvgIpc) is 3.03. The fraction of sp³-hybridized carbons (Fsp3) is 0.150. The zero-order valence-corrected chi connectivity index (χ0v) is 16.8. The van der Waals surface area contributed by atoms with Gasteiger partial charge in [-0.05, 0) is 60.2 Å². The van der Waals surface area contributed by atoms with Crippen LogP contribution in [0.2, 0.25) is 5.02 Å². The molecule has 0 saturated carbocycles. The van der Waals surface area contributed by atoms with Gasteiger partial charge in [0.2, 0.25) is 0 Å². The van der Waals surface area contributed by atoms with Gasteiger partial charge >= 0.3 is 5.97 Å². The summed E-state index contributed by atoms with van der Waals surface area (Å²) in [6.45, 7) is 1.72. The predicted molar refractivity (Wildman–Crippen MR) is 111 cm³/mol. The van der Waals surface area contributed by atoms with Crippen molar-refractivity contribution in [1.29, 1.82) is 0 Å². The third kappa shape index (κ3) is 4.94. The number of esters is 1. The number of hydrogen-bond donors (Lipinski definition) is 1. The Morgan fingerprint density at radius 3 is 2.71 bits per heavy atom. The van der Waals surface area contributed by atoms with E-state index in [2.05, 4.69) is 15.0 Å². The first kappa shape index (κ1) is 20.0. The molecule has 1 N–H and O–H groups in total. The molecular formula is C20H17ClN2O4S. The van der Waals surface area contributed by atoms with E-state index in [1.54, 1.807) is 36.4 Å². The third-order valence-electron chi connectivity index (χ3n) is 3.87.